The molecule has 0 fully saturated rings. The summed E-state index contributed by atoms with van der Waals surface area (Å²) >= 11 is 0. The van der Waals surface area contributed by atoms with Gasteiger partial charge in [0.15, 0.2) is 11.5 Å². The van der Waals surface area contributed by atoms with Crippen molar-refractivity contribution in [2.75, 3.05) is 27.3 Å². The maximum absolute atomic E-state index is 13.0. The van der Waals surface area contributed by atoms with Crippen LogP contribution in [0.1, 0.15) is 30.0 Å². The molecule has 1 atom stereocenters. The number of rotatable bonds is 8. The first-order chi connectivity index (χ1) is 15.0. The SMILES string of the molecule is CCCNC(=O)C(Cc1ccccc1)NC(=O)N1CCc2cc(OC)c(OC)cc2C1. The van der Waals surface area contributed by atoms with E-state index in [1.54, 1.807) is 19.1 Å². The number of carbonyl (C=O) groups excluding carboxylic acids is 2. The minimum absolute atomic E-state index is 0.164. The average molecular weight is 426 g/mol. The highest BCUT2D eigenvalue weighted by molar-refractivity contribution is 5.87. The standard InChI is InChI=1S/C24H31N3O4/c1-4-11-25-23(28)20(13-17-8-6-5-7-9-17)26-24(29)27-12-10-18-14-21(30-2)22(31-3)15-19(18)16-27/h5-9,14-15,20H,4,10-13,16H2,1-3H3,(H,25,28)(H,26,29). The Morgan fingerprint density at radius 3 is 2.39 bits per heavy atom. The molecule has 0 aromatic heterocycles. The Hall–Kier alpha value is -3.22. The number of ether oxygens (including phenoxy) is 2. The van der Waals surface area contributed by atoms with E-state index in [-0.39, 0.29) is 11.9 Å². The predicted molar refractivity (Wildman–Crippen MR) is 119 cm³/mol. The van der Waals surface area contributed by atoms with Crippen molar-refractivity contribution >= 4 is 11.9 Å². The van der Waals surface area contributed by atoms with Crippen LogP contribution in [-0.2, 0) is 24.2 Å². The number of urea groups is 1. The molecular weight excluding hydrogens is 394 g/mol. The molecule has 31 heavy (non-hydrogen) atoms. The number of methoxy groups -OCH3 is 2. The normalized spacial score (nSPS) is 13.7. The van der Waals surface area contributed by atoms with Crippen molar-refractivity contribution in [3.63, 3.8) is 0 Å². The Morgan fingerprint density at radius 1 is 1.06 bits per heavy atom. The quantitative estimate of drug-likeness (QED) is 0.682. The molecule has 2 aromatic rings. The van der Waals surface area contributed by atoms with E-state index in [9.17, 15) is 9.59 Å². The lowest BCUT2D eigenvalue weighted by Gasteiger charge is -2.31. The van der Waals surface area contributed by atoms with Gasteiger partial charge in [0.1, 0.15) is 6.04 Å². The number of amides is 3. The van der Waals surface area contributed by atoms with Crippen LogP contribution in [0.15, 0.2) is 42.5 Å². The molecule has 1 heterocycles. The Labute approximate surface area is 183 Å². The summed E-state index contributed by atoms with van der Waals surface area (Å²) < 4.78 is 10.8. The predicted octanol–water partition coefficient (Wildman–Crippen LogP) is 2.91. The number of nitrogens with zero attached hydrogens (tertiary/aromatic N) is 1. The molecule has 7 heteroatoms. The molecule has 0 radical (unpaired) electrons. The highest BCUT2D eigenvalue weighted by Gasteiger charge is 2.27. The lowest BCUT2D eigenvalue weighted by atomic mass is 9.99. The van der Waals surface area contributed by atoms with Gasteiger partial charge in [-0.05, 0) is 41.7 Å². The van der Waals surface area contributed by atoms with E-state index in [0.29, 0.717) is 44.0 Å². The molecule has 0 saturated heterocycles. The van der Waals surface area contributed by atoms with Gasteiger partial charge in [-0.2, -0.15) is 0 Å². The minimum atomic E-state index is -0.631. The lowest BCUT2D eigenvalue weighted by Crippen LogP contribution is -2.53. The van der Waals surface area contributed by atoms with Crippen LogP contribution in [0.3, 0.4) is 0 Å². The molecule has 2 N–H and O–H groups in total. The Kier molecular flexibility index (Phi) is 7.76. The van der Waals surface area contributed by atoms with Gasteiger partial charge in [-0.3, -0.25) is 4.79 Å². The fraction of sp³-hybridized carbons (Fsp3) is 0.417. The number of hydrogen-bond donors (Lipinski definition) is 2. The van der Waals surface area contributed by atoms with E-state index < -0.39 is 6.04 Å². The molecular formula is C24H31N3O4. The summed E-state index contributed by atoms with van der Waals surface area (Å²) in [6.45, 7) is 3.61. The van der Waals surface area contributed by atoms with Crippen molar-refractivity contribution in [1.82, 2.24) is 15.5 Å². The van der Waals surface area contributed by atoms with Gasteiger partial charge in [0.05, 0.1) is 14.2 Å². The molecule has 0 spiro atoms. The van der Waals surface area contributed by atoms with Crippen molar-refractivity contribution in [2.24, 2.45) is 0 Å². The van der Waals surface area contributed by atoms with Crippen molar-refractivity contribution in [3.8, 4) is 11.5 Å². The second-order valence-electron chi connectivity index (χ2n) is 7.63. The Morgan fingerprint density at radius 2 is 1.74 bits per heavy atom. The third-order valence-corrected chi connectivity index (χ3v) is 5.45. The number of hydrogen-bond acceptors (Lipinski definition) is 4. The third-order valence-electron chi connectivity index (χ3n) is 5.45. The third kappa shape index (κ3) is 5.69. The molecule has 1 aliphatic heterocycles. The monoisotopic (exact) mass is 425 g/mol. The largest absolute Gasteiger partial charge is 0.493 e. The first-order valence-corrected chi connectivity index (χ1v) is 10.7. The van der Waals surface area contributed by atoms with Gasteiger partial charge in [-0.25, -0.2) is 4.79 Å². The zero-order valence-electron chi connectivity index (χ0n) is 18.4. The van der Waals surface area contributed by atoms with E-state index >= 15 is 0 Å². The second kappa shape index (κ2) is 10.7. The topological polar surface area (TPSA) is 79.9 Å². The Bertz CT molecular complexity index is 901. The molecule has 3 amide bonds. The molecule has 0 aliphatic carbocycles. The van der Waals surface area contributed by atoms with Gasteiger partial charge in [-0.15, -0.1) is 0 Å². The Balaban J connectivity index is 1.72. The van der Waals surface area contributed by atoms with Crippen LogP contribution in [-0.4, -0.2) is 50.2 Å². The fourth-order valence-corrected chi connectivity index (χ4v) is 3.73. The van der Waals surface area contributed by atoms with Crippen LogP contribution in [0.2, 0.25) is 0 Å². The lowest BCUT2D eigenvalue weighted by molar-refractivity contribution is -0.122. The first kappa shape index (κ1) is 22.5. The maximum Gasteiger partial charge on any atom is 0.318 e. The number of benzene rings is 2. The van der Waals surface area contributed by atoms with E-state index in [0.717, 1.165) is 23.1 Å². The summed E-state index contributed by atoms with van der Waals surface area (Å²) in [6.07, 6.45) is 2.00. The van der Waals surface area contributed by atoms with Crippen molar-refractivity contribution in [3.05, 3.63) is 59.2 Å². The van der Waals surface area contributed by atoms with E-state index in [4.69, 9.17) is 9.47 Å². The van der Waals surface area contributed by atoms with E-state index in [1.165, 1.54) is 0 Å². The maximum atomic E-state index is 13.0. The summed E-state index contributed by atoms with van der Waals surface area (Å²) in [5.41, 5.74) is 3.16. The molecule has 1 aliphatic rings. The van der Waals surface area contributed by atoms with E-state index in [1.807, 2.05) is 49.4 Å². The first-order valence-electron chi connectivity index (χ1n) is 10.7. The van der Waals surface area contributed by atoms with Crippen LogP contribution >= 0.6 is 0 Å². The molecule has 1 unspecified atom stereocenters. The molecule has 3 rings (SSSR count). The average Bonchev–Trinajstić information content (AvgIpc) is 2.81. The highest BCUT2D eigenvalue weighted by Crippen LogP contribution is 2.33. The van der Waals surface area contributed by atoms with Crippen LogP contribution < -0.4 is 20.1 Å². The summed E-state index contributed by atoms with van der Waals surface area (Å²) in [4.78, 5) is 27.5. The van der Waals surface area contributed by atoms with E-state index in [2.05, 4.69) is 10.6 Å². The molecule has 0 saturated carbocycles. The highest BCUT2D eigenvalue weighted by atomic mass is 16.5. The zero-order chi connectivity index (χ0) is 22.2. The summed E-state index contributed by atoms with van der Waals surface area (Å²) in [5.74, 6) is 1.17. The van der Waals surface area contributed by atoms with Gasteiger partial charge in [0.2, 0.25) is 5.91 Å². The van der Waals surface area contributed by atoms with Gasteiger partial charge >= 0.3 is 6.03 Å². The van der Waals surface area contributed by atoms with Gasteiger partial charge in [0, 0.05) is 26.1 Å². The molecule has 7 nitrogen and oxygen atoms in total. The van der Waals surface area contributed by atoms with Crippen LogP contribution in [0.5, 0.6) is 11.5 Å². The van der Waals surface area contributed by atoms with Gasteiger partial charge in [-0.1, -0.05) is 37.3 Å². The smallest absolute Gasteiger partial charge is 0.318 e. The second-order valence-corrected chi connectivity index (χ2v) is 7.63. The van der Waals surface area contributed by atoms with Gasteiger partial charge in [0.25, 0.3) is 0 Å². The van der Waals surface area contributed by atoms with Gasteiger partial charge < -0.3 is 25.0 Å². The number of nitrogens with one attached hydrogen (secondary N) is 2. The van der Waals surface area contributed by atoms with Crippen LogP contribution in [0.25, 0.3) is 0 Å². The van der Waals surface area contributed by atoms with Crippen molar-refractivity contribution < 1.29 is 19.1 Å². The minimum Gasteiger partial charge on any atom is -0.493 e. The molecule has 166 valence electrons. The van der Waals surface area contributed by atoms with Crippen molar-refractivity contribution in [1.29, 1.82) is 0 Å². The van der Waals surface area contributed by atoms with Crippen LogP contribution in [0.4, 0.5) is 4.79 Å². The zero-order valence-corrected chi connectivity index (χ0v) is 18.4. The summed E-state index contributed by atoms with van der Waals surface area (Å²) in [5, 5.41) is 5.85. The van der Waals surface area contributed by atoms with Crippen molar-refractivity contribution in [2.45, 2.75) is 38.8 Å². The fourth-order valence-electron chi connectivity index (χ4n) is 3.73. The molecule has 2 aromatic carbocycles. The van der Waals surface area contributed by atoms with Crippen LogP contribution in [0, 0.1) is 0 Å². The molecule has 0 bridgehead atoms. The summed E-state index contributed by atoms with van der Waals surface area (Å²) in [7, 11) is 3.21. The number of fused-ring (bicyclic) bond motifs is 1. The summed E-state index contributed by atoms with van der Waals surface area (Å²) in [6, 6.07) is 12.7. The number of carbonyl (C=O) groups is 2.